The van der Waals surface area contributed by atoms with Crippen LogP contribution in [0.3, 0.4) is 0 Å². The second-order valence-corrected chi connectivity index (χ2v) is 4.33. The average Bonchev–Trinajstić information content (AvgIpc) is 2.86. The molecule has 1 atom stereocenters. The van der Waals surface area contributed by atoms with E-state index in [9.17, 15) is 0 Å². The predicted molar refractivity (Wildman–Crippen MR) is 57.2 cm³/mol. The van der Waals surface area contributed by atoms with Gasteiger partial charge in [-0.05, 0) is 30.9 Å². The smallest absolute Gasteiger partial charge is 0.0525 e. The minimum atomic E-state index is 0.435. The molecular weight excluding hydrogens is 174 g/mol. The maximum atomic E-state index is 5.63. The quantitative estimate of drug-likeness (QED) is 0.798. The number of aromatic nitrogens is 2. The number of nitrogens with zero attached hydrogens (tertiary/aromatic N) is 2. The highest BCUT2D eigenvalue weighted by molar-refractivity contribution is 5.11. The Morgan fingerprint density at radius 2 is 2.29 bits per heavy atom. The van der Waals surface area contributed by atoms with Crippen LogP contribution < -0.4 is 5.73 Å². The van der Waals surface area contributed by atoms with Gasteiger partial charge in [-0.1, -0.05) is 19.8 Å². The van der Waals surface area contributed by atoms with E-state index in [4.69, 9.17) is 5.73 Å². The van der Waals surface area contributed by atoms with Crippen molar-refractivity contribution in [1.82, 2.24) is 9.78 Å². The summed E-state index contributed by atoms with van der Waals surface area (Å²) in [5, 5.41) is 4.43. The summed E-state index contributed by atoms with van der Waals surface area (Å²) in [5.41, 5.74) is 6.91. The molecule has 2 rings (SSSR count). The van der Waals surface area contributed by atoms with Gasteiger partial charge in [-0.15, -0.1) is 0 Å². The van der Waals surface area contributed by atoms with Gasteiger partial charge < -0.3 is 5.73 Å². The van der Waals surface area contributed by atoms with E-state index in [1.165, 1.54) is 31.2 Å². The maximum absolute atomic E-state index is 5.63. The largest absolute Gasteiger partial charge is 0.330 e. The first-order valence-electron chi connectivity index (χ1n) is 5.55. The van der Waals surface area contributed by atoms with Gasteiger partial charge in [-0.25, -0.2) is 0 Å². The Labute approximate surface area is 85.3 Å². The van der Waals surface area contributed by atoms with Gasteiger partial charge in [0, 0.05) is 6.20 Å². The lowest BCUT2D eigenvalue weighted by Crippen LogP contribution is -2.08. The van der Waals surface area contributed by atoms with Crippen LogP contribution in [0.25, 0.3) is 0 Å². The summed E-state index contributed by atoms with van der Waals surface area (Å²) in [6, 6.07) is 0.647. The van der Waals surface area contributed by atoms with Gasteiger partial charge in [-0.2, -0.15) is 5.10 Å². The lowest BCUT2D eigenvalue weighted by molar-refractivity contribution is 0.466. The van der Waals surface area contributed by atoms with Gasteiger partial charge >= 0.3 is 0 Å². The molecule has 0 spiro atoms. The molecule has 0 saturated heterocycles. The van der Waals surface area contributed by atoms with Crippen molar-refractivity contribution in [2.75, 3.05) is 6.54 Å². The van der Waals surface area contributed by atoms with Crippen LogP contribution in [0.5, 0.6) is 0 Å². The molecule has 0 amide bonds. The van der Waals surface area contributed by atoms with Crippen molar-refractivity contribution in [2.45, 2.75) is 44.6 Å². The molecule has 1 heterocycles. The summed E-state index contributed by atoms with van der Waals surface area (Å²) in [7, 11) is 0. The average molecular weight is 193 g/mol. The van der Waals surface area contributed by atoms with Crippen LogP contribution in [-0.2, 0) is 0 Å². The van der Waals surface area contributed by atoms with E-state index in [2.05, 4.69) is 22.9 Å². The van der Waals surface area contributed by atoms with Gasteiger partial charge in [0.2, 0.25) is 0 Å². The van der Waals surface area contributed by atoms with Crippen LogP contribution in [0.4, 0.5) is 0 Å². The third kappa shape index (κ3) is 1.82. The van der Waals surface area contributed by atoms with E-state index in [1.807, 2.05) is 6.20 Å². The Balaban J connectivity index is 2.08. The predicted octanol–water partition coefficient (Wildman–Crippen LogP) is 2.06. The summed E-state index contributed by atoms with van der Waals surface area (Å²) < 4.78 is 2.13. The van der Waals surface area contributed by atoms with Crippen LogP contribution in [0.15, 0.2) is 12.4 Å². The number of hydrogen-bond donors (Lipinski definition) is 1. The Morgan fingerprint density at radius 3 is 2.93 bits per heavy atom. The molecule has 2 N–H and O–H groups in total. The third-order valence-electron chi connectivity index (χ3n) is 3.24. The summed E-state index contributed by atoms with van der Waals surface area (Å²) in [4.78, 5) is 0. The van der Waals surface area contributed by atoms with Crippen molar-refractivity contribution in [2.24, 2.45) is 5.73 Å². The Bertz CT molecular complexity index is 286. The monoisotopic (exact) mass is 193 g/mol. The van der Waals surface area contributed by atoms with E-state index in [0.717, 1.165) is 0 Å². The van der Waals surface area contributed by atoms with Crippen molar-refractivity contribution in [3.63, 3.8) is 0 Å². The fraction of sp³-hybridized carbons (Fsp3) is 0.727. The molecule has 1 aromatic heterocycles. The van der Waals surface area contributed by atoms with Crippen molar-refractivity contribution >= 4 is 0 Å². The Kier molecular flexibility index (Phi) is 2.87. The molecule has 1 aliphatic rings. The number of nitrogens with two attached hydrogens (primary N) is 1. The highest BCUT2D eigenvalue weighted by Gasteiger charge is 2.18. The first kappa shape index (κ1) is 9.71. The van der Waals surface area contributed by atoms with Crippen LogP contribution in [0.2, 0.25) is 0 Å². The summed E-state index contributed by atoms with van der Waals surface area (Å²) in [6.07, 6.45) is 9.43. The van der Waals surface area contributed by atoms with Crippen LogP contribution in [0, 0.1) is 0 Å². The minimum absolute atomic E-state index is 0.435. The highest BCUT2D eigenvalue weighted by atomic mass is 15.3. The molecule has 1 aliphatic carbocycles. The fourth-order valence-electron chi connectivity index (χ4n) is 2.11. The van der Waals surface area contributed by atoms with E-state index in [0.29, 0.717) is 18.5 Å². The van der Waals surface area contributed by atoms with E-state index >= 15 is 0 Å². The molecule has 1 saturated carbocycles. The normalized spacial score (nSPS) is 20.1. The molecule has 0 bridgehead atoms. The van der Waals surface area contributed by atoms with Gasteiger partial charge in [-0.3, -0.25) is 4.68 Å². The van der Waals surface area contributed by atoms with Gasteiger partial charge in [0.15, 0.2) is 0 Å². The summed E-state index contributed by atoms with van der Waals surface area (Å²) in [5.74, 6) is 0.435. The van der Waals surface area contributed by atoms with E-state index in [1.54, 1.807) is 0 Å². The van der Waals surface area contributed by atoms with Crippen molar-refractivity contribution in [3.05, 3.63) is 18.0 Å². The van der Waals surface area contributed by atoms with Crippen molar-refractivity contribution in [1.29, 1.82) is 0 Å². The zero-order valence-corrected chi connectivity index (χ0v) is 8.82. The Hall–Kier alpha value is -0.830. The molecule has 1 unspecified atom stereocenters. The van der Waals surface area contributed by atoms with E-state index < -0.39 is 0 Å². The number of rotatable bonds is 3. The zero-order valence-electron chi connectivity index (χ0n) is 8.82. The first-order chi connectivity index (χ1) is 6.81. The Morgan fingerprint density at radius 1 is 1.57 bits per heavy atom. The first-order valence-corrected chi connectivity index (χ1v) is 5.55. The van der Waals surface area contributed by atoms with Crippen LogP contribution in [-0.4, -0.2) is 16.3 Å². The number of hydrogen-bond acceptors (Lipinski definition) is 2. The lowest BCUT2D eigenvalue weighted by atomic mass is 10.1. The topological polar surface area (TPSA) is 43.8 Å². The van der Waals surface area contributed by atoms with Crippen LogP contribution >= 0.6 is 0 Å². The highest BCUT2D eigenvalue weighted by Crippen LogP contribution is 2.29. The van der Waals surface area contributed by atoms with Crippen molar-refractivity contribution in [3.8, 4) is 0 Å². The third-order valence-corrected chi connectivity index (χ3v) is 3.24. The minimum Gasteiger partial charge on any atom is -0.330 e. The molecule has 1 fully saturated rings. The molecule has 0 aromatic carbocycles. The van der Waals surface area contributed by atoms with E-state index in [-0.39, 0.29) is 0 Å². The van der Waals surface area contributed by atoms with Crippen molar-refractivity contribution < 1.29 is 0 Å². The molecule has 1 aromatic rings. The summed E-state index contributed by atoms with van der Waals surface area (Å²) in [6.45, 7) is 2.85. The van der Waals surface area contributed by atoms with Gasteiger partial charge in [0.1, 0.15) is 0 Å². The van der Waals surface area contributed by atoms with Crippen LogP contribution in [0.1, 0.15) is 50.1 Å². The SMILES string of the molecule is CC(CN)c1cnn(C2CCCC2)c1. The maximum Gasteiger partial charge on any atom is 0.0525 e. The second-order valence-electron chi connectivity index (χ2n) is 4.33. The molecule has 14 heavy (non-hydrogen) atoms. The lowest BCUT2D eigenvalue weighted by Gasteiger charge is -2.09. The standard InChI is InChI=1S/C11H19N3/c1-9(6-12)10-7-13-14(8-10)11-4-2-3-5-11/h7-9,11H,2-6,12H2,1H3. The second kappa shape index (κ2) is 4.13. The molecule has 0 aliphatic heterocycles. The molecule has 3 nitrogen and oxygen atoms in total. The molecular formula is C11H19N3. The zero-order chi connectivity index (χ0) is 9.97. The molecule has 78 valence electrons. The van der Waals surface area contributed by atoms with Gasteiger partial charge in [0.05, 0.1) is 12.2 Å². The summed E-state index contributed by atoms with van der Waals surface area (Å²) >= 11 is 0. The fourth-order valence-corrected chi connectivity index (χ4v) is 2.11. The molecule has 3 heteroatoms. The van der Waals surface area contributed by atoms with Gasteiger partial charge in [0.25, 0.3) is 0 Å². The molecule has 0 radical (unpaired) electrons.